The predicted octanol–water partition coefficient (Wildman–Crippen LogP) is 7.29. The van der Waals surface area contributed by atoms with Crippen LogP contribution in [0.1, 0.15) is 91.8 Å². The molecule has 0 heterocycles. The van der Waals surface area contributed by atoms with Gasteiger partial charge in [0, 0.05) is 0 Å². The summed E-state index contributed by atoms with van der Waals surface area (Å²) in [5, 5.41) is 3.43. The summed E-state index contributed by atoms with van der Waals surface area (Å²) < 4.78 is 0. The van der Waals surface area contributed by atoms with Crippen molar-refractivity contribution < 1.29 is 0 Å². The molecule has 1 aromatic carbocycles. The Labute approximate surface area is 149 Å². The van der Waals surface area contributed by atoms with Crippen molar-refractivity contribution in [1.29, 1.82) is 0 Å². The first-order valence-corrected chi connectivity index (χ1v) is 9.37. The average molecular weight is 332 g/mol. The number of aryl methyl sites for hydroxylation is 1. The lowest BCUT2D eigenvalue weighted by molar-refractivity contribution is 0.415. The molecule has 24 heavy (non-hydrogen) atoms. The van der Waals surface area contributed by atoms with E-state index in [-0.39, 0.29) is 10.8 Å². The zero-order valence-electron chi connectivity index (χ0n) is 17.3. The first-order chi connectivity index (χ1) is 10.9. The van der Waals surface area contributed by atoms with Gasteiger partial charge in [-0.1, -0.05) is 74.4 Å². The van der Waals surface area contributed by atoms with E-state index in [9.17, 15) is 4.91 Å². The Morgan fingerprint density at radius 3 is 1.71 bits per heavy atom. The molecular weight excluding hydrogens is 294 g/mol. The molecule has 0 bridgehead atoms. The summed E-state index contributed by atoms with van der Waals surface area (Å²) in [4.78, 5) is 11.6. The SMILES string of the molecule is CC(C)CC(C)CCc1cc(C(C)(C)C)c(N=O)c(C(C)(C)C)c1. The maximum Gasteiger partial charge on any atom is 0.115 e. The fraction of sp³-hybridized carbons (Fsp3) is 0.727. The standard InChI is InChI=1S/C22H37NO/c1-15(2)12-16(3)10-11-17-13-18(21(4,5)6)20(23-24)19(14-17)22(7,8)9/h13-16H,10-12H2,1-9H3. The summed E-state index contributed by atoms with van der Waals surface area (Å²) in [7, 11) is 0. The van der Waals surface area contributed by atoms with Gasteiger partial charge in [-0.2, -0.15) is 0 Å². The lowest BCUT2D eigenvalue weighted by atomic mass is 9.77. The summed E-state index contributed by atoms with van der Waals surface area (Å²) >= 11 is 0. The van der Waals surface area contributed by atoms with Gasteiger partial charge in [0.1, 0.15) is 5.69 Å². The third kappa shape index (κ3) is 5.72. The molecule has 0 aromatic heterocycles. The van der Waals surface area contributed by atoms with Gasteiger partial charge in [0.15, 0.2) is 0 Å². The number of nitrogens with zero attached hydrogens (tertiary/aromatic N) is 1. The molecule has 0 aliphatic heterocycles. The Kier molecular flexibility index (Phi) is 6.78. The monoisotopic (exact) mass is 331 g/mol. The third-order valence-corrected chi connectivity index (χ3v) is 4.68. The number of rotatable bonds is 6. The fourth-order valence-electron chi connectivity index (χ4n) is 3.42. The molecule has 0 spiro atoms. The van der Waals surface area contributed by atoms with Crippen LogP contribution < -0.4 is 0 Å². The molecule has 0 fully saturated rings. The van der Waals surface area contributed by atoms with Gasteiger partial charge in [0.05, 0.1) is 0 Å². The van der Waals surface area contributed by atoms with E-state index in [2.05, 4.69) is 79.6 Å². The van der Waals surface area contributed by atoms with Crippen LogP contribution in [0.3, 0.4) is 0 Å². The van der Waals surface area contributed by atoms with Crippen LogP contribution in [-0.2, 0) is 17.3 Å². The van der Waals surface area contributed by atoms with E-state index in [0.29, 0.717) is 5.69 Å². The lowest BCUT2D eigenvalue weighted by Gasteiger charge is -2.28. The summed E-state index contributed by atoms with van der Waals surface area (Å²) in [6.45, 7) is 19.9. The van der Waals surface area contributed by atoms with E-state index in [0.717, 1.165) is 29.4 Å². The number of hydrogen-bond donors (Lipinski definition) is 0. The van der Waals surface area contributed by atoms with Crippen molar-refractivity contribution in [3.05, 3.63) is 33.7 Å². The highest BCUT2D eigenvalue weighted by Gasteiger charge is 2.27. The maximum atomic E-state index is 11.6. The largest absolute Gasteiger partial charge is 0.145 e. The molecule has 2 heteroatoms. The van der Waals surface area contributed by atoms with Crippen LogP contribution in [0, 0.1) is 16.7 Å². The van der Waals surface area contributed by atoms with Crippen molar-refractivity contribution in [2.45, 2.75) is 92.4 Å². The minimum atomic E-state index is -0.0806. The van der Waals surface area contributed by atoms with Gasteiger partial charge in [-0.15, -0.1) is 4.91 Å². The zero-order valence-corrected chi connectivity index (χ0v) is 17.3. The second kappa shape index (κ2) is 7.80. The van der Waals surface area contributed by atoms with Crippen LogP contribution in [0.25, 0.3) is 0 Å². The minimum absolute atomic E-state index is 0.0806. The molecule has 1 aromatic rings. The molecule has 2 nitrogen and oxygen atoms in total. The van der Waals surface area contributed by atoms with Gasteiger partial charge in [0.2, 0.25) is 0 Å². The van der Waals surface area contributed by atoms with Crippen LogP contribution in [0.2, 0.25) is 0 Å². The Hall–Kier alpha value is -1.18. The molecule has 1 rings (SSSR count). The van der Waals surface area contributed by atoms with Crippen LogP contribution in [0.4, 0.5) is 5.69 Å². The van der Waals surface area contributed by atoms with Gasteiger partial charge >= 0.3 is 0 Å². The van der Waals surface area contributed by atoms with Crippen LogP contribution in [-0.4, -0.2) is 0 Å². The van der Waals surface area contributed by atoms with Crippen LogP contribution in [0.15, 0.2) is 17.3 Å². The van der Waals surface area contributed by atoms with Crippen molar-refractivity contribution >= 4 is 5.69 Å². The number of nitroso groups, excluding NO2 is 1. The maximum absolute atomic E-state index is 11.6. The van der Waals surface area contributed by atoms with E-state index in [1.807, 2.05) is 0 Å². The van der Waals surface area contributed by atoms with Gasteiger partial charge in [-0.3, -0.25) is 0 Å². The third-order valence-electron chi connectivity index (χ3n) is 4.68. The average Bonchev–Trinajstić information content (AvgIpc) is 2.41. The van der Waals surface area contributed by atoms with Gasteiger partial charge in [0.25, 0.3) is 0 Å². The molecular formula is C22H37NO. The van der Waals surface area contributed by atoms with Crippen molar-refractivity contribution in [1.82, 2.24) is 0 Å². The molecule has 1 unspecified atom stereocenters. The number of benzene rings is 1. The van der Waals surface area contributed by atoms with E-state index in [4.69, 9.17) is 0 Å². The number of hydrogen-bond acceptors (Lipinski definition) is 2. The summed E-state index contributed by atoms with van der Waals surface area (Å²) in [5.41, 5.74) is 3.99. The molecule has 0 saturated carbocycles. The molecule has 0 amide bonds. The Morgan fingerprint density at radius 2 is 1.38 bits per heavy atom. The summed E-state index contributed by atoms with van der Waals surface area (Å²) in [6, 6.07) is 4.43. The van der Waals surface area contributed by atoms with E-state index < -0.39 is 0 Å². The Bertz CT molecular complexity index is 523. The molecule has 0 aliphatic carbocycles. The Morgan fingerprint density at radius 1 is 0.917 bits per heavy atom. The van der Waals surface area contributed by atoms with Crippen molar-refractivity contribution in [3.63, 3.8) is 0 Å². The molecule has 0 aliphatic rings. The normalized spacial score (nSPS) is 14.1. The highest BCUT2D eigenvalue weighted by molar-refractivity contribution is 5.59. The smallest absolute Gasteiger partial charge is 0.115 e. The quantitative estimate of drug-likeness (QED) is 0.503. The second-order valence-electron chi connectivity index (χ2n) is 9.90. The van der Waals surface area contributed by atoms with Gasteiger partial charge in [-0.05, 0) is 63.8 Å². The van der Waals surface area contributed by atoms with E-state index in [1.54, 1.807) is 0 Å². The molecule has 0 saturated heterocycles. The highest BCUT2D eigenvalue weighted by atomic mass is 16.3. The summed E-state index contributed by atoms with van der Waals surface area (Å²) in [6.07, 6.45) is 3.53. The highest BCUT2D eigenvalue weighted by Crippen LogP contribution is 2.41. The second-order valence-corrected chi connectivity index (χ2v) is 9.90. The predicted molar refractivity (Wildman–Crippen MR) is 106 cm³/mol. The van der Waals surface area contributed by atoms with Crippen molar-refractivity contribution in [3.8, 4) is 0 Å². The molecule has 0 radical (unpaired) electrons. The van der Waals surface area contributed by atoms with E-state index in [1.165, 1.54) is 18.4 Å². The first kappa shape index (κ1) is 20.9. The lowest BCUT2D eigenvalue weighted by Crippen LogP contribution is -2.18. The van der Waals surface area contributed by atoms with Crippen molar-refractivity contribution in [2.75, 3.05) is 0 Å². The van der Waals surface area contributed by atoms with Crippen LogP contribution in [0.5, 0.6) is 0 Å². The van der Waals surface area contributed by atoms with Crippen molar-refractivity contribution in [2.24, 2.45) is 17.0 Å². The fourth-order valence-corrected chi connectivity index (χ4v) is 3.42. The molecule has 136 valence electrons. The zero-order chi connectivity index (χ0) is 18.7. The topological polar surface area (TPSA) is 29.4 Å². The molecule has 0 N–H and O–H groups in total. The minimum Gasteiger partial charge on any atom is -0.145 e. The van der Waals surface area contributed by atoms with Gasteiger partial charge in [-0.25, -0.2) is 0 Å². The first-order valence-electron chi connectivity index (χ1n) is 9.37. The van der Waals surface area contributed by atoms with Gasteiger partial charge < -0.3 is 0 Å². The Balaban J connectivity index is 3.25. The molecule has 1 atom stereocenters. The summed E-state index contributed by atoms with van der Waals surface area (Å²) in [5.74, 6) is 1.47. The van der Waals surface area contributed by atoms with Crippen LogP contribution >= 0.6 is 0 Å². The van der Waals surface area contributed by atoms with E-state index >= 15 is 0 Å².